The summed E-state index contributed by atoms with van der Waals surface area (Å²) in [6, 6.07) is 1.17. The van der Waals surface area contributed by atoms with E-state index in [9.17, 15) is 14.5 Å². The van der Waals surface area contributed by atoms with Gasteiger partial charge < -0.3 is 0 Å². The number of hydrogen-bond donors (Lipinski definition) is 0. The van der Waals surface area contributed by atoms with Crippen LogP contribution in [0.2, 0.25) is 0 Å². The number of nitroso groups, excluding NO2 is 1. The van der Waals surface area contributed by atoms with Gasteiger partial charge in [0.05, 0.1) is 5.29 Å². The predicted octanol–water partition coefficient (Wildman–Crippen LogP) is -0.798. The number of aromatic nitrogens is 2. The van der Waals surface area contributed by atoms with Gasteiger partial charge in [-0.05, 0) is 0 Å². The van der Waals surface area contributed by atoms with E-state index in [1.807, 2.05) is 0 Å². The molecule has 0 atom stereocenters. The van der Waals surface area contributed by atoms with Crippen molar-refractivity contribution in [3.63, 3.8) is 0 Å². The zero-order valence-corrected chi connectivity index (χ0v) is 8.09. The van der Waals surface area contributed by atoms with Crippen LogP contribution in [-0.4, -0.2) is 16.2 Å². The smallest absolute Gasteiger partial charge is 0.281 e. The van der Waals surface area contributed by atoms with Crippen LogP contribution in [-0.2, 0) is 14.1 Å². The lowest BCUT2D eigenvalue weighted by Gasteiger charge is -2.13. The predicted molar refractivity (Wildman–Crippen MR) is 51.1 cm³/mol. The molecule has 1 heterocycles. The number of nitrogens with zero attached hydrogens (tertiary/aromatic N) is 4. The van der Waals surface area contributed by atoms with Crippen LogP contribution in [0.4, 0.5) is 5.82 Å². The maximum Gasteiger partial charge on any atom is 0.332 e. The first kappa shape index (κ1) is 10.2. The monoisotopic (exact) mass is 198 g/mol. The summed E-state index contributed by atoms with van der Waals surface area (Å²) in [7, 11) is 4.18. The molecule has 0 radical (unpaired) electrons. The van der Waals surface area contributed by atoms with Gasteiger partial charge in [-0.1, -0.05) is 0 Å². The molecule has 0 saturated heterocycles. The van der Waals surface area contributed by atoms with Gasteiger partial charge in [-0.25, -0.2) is 9.80 Å². The molecule has 0 aliphatic rings. The van der Waals surface area contributed by atoms with Crippen molar-refractivity contribution in [1.29, 1.82) is 0 Å². The van der Waals surface area contributed by atoms with Crippen molar-refractivity contribution in [2.75, 3.05) is 12.1 Å². The van der Waals surface area contributed by atoms with E-state index in [1.165, 1.54) is 31.8 Å². The Morgan fingerprint density at radius 3 is 2.36 bits per heavy atom. The number of rotatable bonds is 2. The van der Waals surface area contributed by atoms with E-state index in [2.05, 4.69) is 5.29 Å². The topological polar surface area (TPSA) is 76.7 Å². The van der Waals surface area contributed by atoms with Crippen LogP contribution in [0.25, 0.3) is 0 Å². The summed E-state index contributed by atoms with van der Waals surface area (Å²) < 4.78 is 2.12. The molecule has 0 bridgehead atoms. The molecule has 0 amide bonds. The van der Waals surface area contributed by atoms with Gasteiger partial charge in [-0.15, -0.1) is 4.91 Å². The third kappa shape index (κ3) is 1.43. The lowest BCUT2D eigenvalue weighted by molar-refractivity contribution is 0.675. The van der Waals surface area contributed by atoms with Gasteiger partial charge in [0.2, 0.25) is 0 Å². The fourth-order valence-electron chi connectivity index (χ4n) is 1.07. The molecule has 1 aromatic heterocycles. The van der Waals surface area contributed by atoms with E-state index >= 15 is 0 Å². The Labute approximate surface area is 79.1 Å². The van der Waals surface area contributed by atoms with Crippen LogP contribution in [0.3, 0.4) is 0 Å². The van der Waals surface area contributed by atoms with Gasteiger partial charge in [-0.2, -0.15) is 0 Å². The molecule has 7 heteroatoms. The highest BCUT2D eigenvalue weighted by molar-refractivity contribution is 5.35. The normalized spacial score (nSPS) is 9.93. The van der Waals surface area contributed by atoms with Crippen molar-refractivity contribution in [3.8, 4) is 0 Å². The second-order valence-electron chi connectivity index (χ2n) is 2.85. The Morgan fingerprint density at radius 1 is 1.29 bits per heavy atom. The first-order valence-corrected chi connectivity index (χ1v) is 3.83. The van der Waals surface area contributed by atoms with E-state index in [-0.39, 0.29) is 5.82 Å². The van der Waals surface area contributed by atoms with E-state index in [4.69, 9.17) is 0 Å². The first-order chi connectivity index (χ1) is 6.49. The van der Waals surface area contributed by atoms with Crippen LogP contribution in [0.15, 0.2) is 20.9 Å². The number of anilines is 1. The zero-order chi connectivity index (χ0) is 10.9. The molecule has 14 heavy (non-hydrogen) atoms. The Bertz CT molecular complexity index is 473. The average Bonchev–Trinajstić information content (AvgIpc) is 2.19. The molecule has 0 aliphatic heterocycles. The lowest BCUT2D eigenvalue weighted by atomic mass is 10.5. The van der Waals surface area contributed by atoms with Crippen molar-refractivity contribution in [2.45, 2.75) is 0 Å². The summed E-state index contributed by atoms with van der Waals surface area (Å²) in [6.45, 7) is 0. The minimum Gasteiger partial charge on any atom is -0.281 e. The lowest BCUT2D eigenvalue weighted by Crippen LogP contribution is -2.38. The van der Waals surface area contributed by atoms with Crippen molar-refractivity contribution in [2.24, 2.45) is 19.4 Å². The second kappa shape index (κ2) is 3.44. The summed E-state index contributed by atoms with van der Waals surface area (Å²) >= 11 is 0. The summed E-state index contributed by atoms with van der Waals surface area (Å²) in [6.07, 6.45) is 0. The maximum atomic E-state index is 11.4. The summed E-state index contributed by atoms with van der Waals surface area (Å²) in [5, 5.41) is 3.53. The van der Waals surface area contributed by atoms with Gasteiger partial charge in [0, 0.05) is 27.2 Å². The molecular weight excluding hydrogens is 188 g/mol. The van der Waals surface area contributed by atoms with E-state index < -0.39 is 11.2 Å². The Balaban J connectivity index is 3.56. The van der Waals surface area contributed by atoms with Gasteiger partial charge in [0.1, 0.15) is 5.82 Å². The highest BCUT2D eigenvalue weighted by Crippen LogP contribution is 2.04. The summed E-state index contributed by atoms with van der Waals surface area (Å²) in [5.41, 5.74) is -0.971. The standard InChI is InChI=1S/C7H10N4O3/c1-9-5(11(3)8-14)4-6(12)10(2)7(9)13/h4H,1-3H3. The zero-order valence-electron chi connectivity index (χ0n) is 8.09. The molecule has 0 fully saturated rings. The van der Waals surface area contributed by atoms with E-state index in [1.54, 1.807) is 0 Å². The SMILES string of the molecule is CN(N=O)c1cc(=O)n(C)c(=O)n1C. The third-order valence-electron chi connectivity index (χ3n) is 1.95. The van der Waals surface area contributed by atoms with Crippen LogP contribution < -0.4 is 16.3 Å². The van der Waals surface area contributed by atoms with E-state index in [0.717, 1.165) is 9.58 Å². The van der Waals surface area contributed by atoms with Gasteiger partial charge >= 0.3 is 5.69 Å². The van der Waals surface area contributed by atoms with E-state index in [0.29, 0.717) is 0 Å². The van der Waals surface area contributed by atoms with Gasteiger partial charge in [0.15, 0.2) is 0 Å². The van der Waals surface area contributed by atoms with Crippen molar-refractivity contribution < 1.29 is 0 Å². The Morgan fingerprint density at radius 2 is 1.86 bits per heavy atom. The third-order valence-corrected chi connectivity index (χ3v) is 1.95. The molecule has 0 unspecified atom stereocenters. The van der Waals surface area contributed by atoms with Crippen molar-refractivity contribution >= 4 is 5.82 Å². The first-order valence-electron chi connectivity index (χ1n) is 3.83. The molecule has 0 saturated carbocycles. The molecule has 0 aliphatic carbocycles. The minimum absolute atomic E-state index is 0.160. The van der Waals surface area contributed by atoms with Crippen LogP contribution in [0, 0.1) is 4.91 Å². The van der Waals surface area contributed by atoms with Crippen LogP contribution >= 0.6 is 0 Å². The quantitative estimate of drug-likeness (QED) is 0.460. The molecule has 0 spiro atoms. The summed E-state index contributed by atoms with van der Waals surface area (Å²) in [5.74, 6) is 0.160. The van der Waals surface area contributed by atoms with Crippen molar-refractivity contribution in [1.82, 2.24) is 9.13 Å². The highest BCUT2D eigenvalue weighted by Gasteiger charge is 2.09. The van der Waals surface area contributed by atoms with Crippen LogP contribution in [0.1, 0.15) is 0 Å². The Hall–Kier alpha value is -1.92. The fraction of sp³-hybridized carbons (Fsp3) is 0.429. The molecule has 0 N–H and O–H groups in total. The molecule has 7 nitrogen and oxygen atoms in total. The molecular formula is C7H10N4O3. The molecule has 1 rings (SSSR count). The van der Waals surface area contributed by atoms with Gasteiger partial charge in [-0.3, -0.25) is 13.9 Å². The van der Waals surface area contributed by atoms with Gasteiger partial charge in [0.25, 0.3) is 5.56 Å². The Kier molecular flexibility index (Phi) is 2.50. The summed E-state index contributed by atoms with van der Waals surface area (Å²) in [4.78, 5) is 32.8. The maximum absolute atomic E-state index is 11.4. The average molecular weight is 198 g/mol. The molecule has 1 aromatic rings. The minimum atomic E-state index is -0.497. The number of hydrogen-bond acceptors (Lipinski definition) is 4. The second-order valence-corrected chi connectivity index (χ2v) is 2.85. The molecule has 76 valence electrons. The largest absolute Gasteiger partial charge is 0.332 e. The fourth-order valence-corrected chi connectivity index (χ4v) is 1.07. The molecule has 0 aromatic carbocycles. The van der Waals surface area contributed by atoms with Crippen LogP contribution in [0.5, 0.6) is 0 Å². The highest BCUT2D eigenvalue weighted by atomic mass is 16.3. The van der Waals surface area contributed by atoms with Crippen molar-refractivity contribution in [3.05, 3.63) is 31.8 Å².